The predicted octanol–water partition coefficient (Wildman–Crippen LogP) is 2.39. The molecule has 0 aliphatic carbocycles. The second-order valence-corrected chi connectivity index (χ2v) is 4.31. The lowest BCUT2D eigenvalue weighted by molar-refractivity contribution is 0.182. The van der Waals surface area contributed by atoms with Gasteiger partial charge in [0.25, 0.3) is 0 Å². The largest absolute Gasteiger partial charge is 0.491 e. The maximum Gasteiger partial charge on any atom is 0.167 e. The molecule has 5 heteroatoms. The number of nitrogens with one attached hydrogen (secondary N) is 1. The Morgan fingerprint density at radius 2 is 2.21 bits per heavy atom. The van der Waals surface area contributed by atoms with E-state index in [9.17, 15) is 4.39 Å². The summed E-state index contributed by atoms with van der Waals surface area (Å²) in [6, 6.07) is 5.01. The first-order valence-electron chi connectivity index (χ1n) is 6.59. The third-order valence-corrected chi connectivity index (χ3v) is 2.73. The zero-order valence-electron chi connectivity index (χ0n) is 11.6. The van der Waals surface area contributed by atoms with Crippen LogP contribution >= 0.6 is 0 Å². The average Bonchev–Trinajstić information content (AvgIpc) is 2.39. The van der Waals surface area contributed by atoms with Crippen molar-refractivity contribution in [3.63, 3.8) is 0 Å². The van der Waals surface area contributed by atoms with Crippen molar-refractivity contribution in [3.05, 3.63) is 24.0 Å². The molecule has 1 rings (SSSR count). The van der Waals surface area contributed by atoms with Crippen LogP contribution in [0.15, 0.2) is 18.2 Å². The molecule has 4 nitrogen and oxygen atoms in total. The van der Waals surface area contributed by atoms with Gasteiger partial charge in [0.1, 0.15) is 0 Å². The molecule has 1 unspecified atom stereocenters. The lowest BCUT2D eigenvalue weighted by Gasteiger charge is -2.19. The minimum atomic E-state index is -0.359. The number of benzene rings is 1. The van der Waals surface area contributed by atoms with Crippen molar-refractivity contribution in [1.29, 1.82) is 0 Å². The third-order valence-electron chi connectivity index (χ3n) is 2.73. The van der Waals surface area contributed by atoms with E-state index in [4.69, 9.17) is 15.2 Å². The van der Waals surface area contributed by atoms with Gasteiger partial charge >= 0.3 is 0 Å². The SMILES string of the molecule is CCOc1ccc(NC(CCCN)COC)cc1F. The number of hydrogen-bond donors (Lipinski definition) is 2. The van der Waals surface area contributed by atoms with Gasteiger partial charge in [0.05, 0.1) is 13.2 Å². The Kier molecular flexibility index (Phi) is 7.22. The van der Waals surface area contributed by atoms with Gasteiger partial charge in [-0.25, -0.2) is 4.39 Å². The quantitative estimate of drug-likeness (QED) is 0.723. The summed E-state index contributed by atoms with van der Waals surface area (Å²) in [6.45, 7) is 3.48. The highest BCUT2D eigenvalue weighted by Crippen LogP contribution is 2.22. The topological polar surface area (TPSA) is 56.5 Å². The van der Waals surface area contributed by atoms with Crippen LogP contribution in [0.3, 0.4) is 0 Å². The Morgan fingerprint density at radius 1 is 1.42 bits per heavy atom. The van der Waals surface area contributed by atoms with Gasteiger partial charge in [0.2, 0.25) is 0 Å². The number of methoxy groups -OCH3 is 1. The Labute approximate surface area is 114 Å². The molecule has 1 atom stereocenters. The summed E-state index contributed by atoms with van der Waals surface area (Å²) in [6.07, 6.45) is 1.79. The molecular formula is C14H23FN2O2. The first-order chi connectivity index (χ1) is 9.21. The number of hydrogen-bond acceptors (Lipinski definition) is 4. The van der Waals surface area contributed by atoms with E-state index in [1.54, 1.807) is 19.2 Å². The molecule has 108 valence electrons. The monoisotopic (exact) mass is 270 g/mol. The van der Waals surface area contributed by atoms with E-state index < -0.39 is 0 Å². The summed E-state index contributed by atoms with van der Waals surface area (Å²) in [5, 5.41) is 3.25. The molecule has 1 aromatic carbocycles. The minimum Gasteiger partial charge on any atom is -0.491 e. The Bertz CT molecular complexity index is 374. The molecule has 0 fully saturated rings. The van der Waals surface area contributed by atoms with Crippen molar-refractivity contribution < 1.29 is 13.9 Å². The molecule has 0 saturated carbocycles. The molecule has 0 radical (unpaired) electrons. The molecule has 19 heavy (non-hydrogen) atoms. The van der Waals surface area contributed by atoms with E-state index in [1.165, 1.54) is 6.07 Å². The van der Waals surface area contributed by atoms with E-state index in [-0.39, 0.29) is 17.6 Å². The normalized spacial score (nSPS) is 12.2. The minimum absolute atomic E-state index is 0.130. The lowest BCUT2D eigenvalue weighted by atomic mass is 10.1. The van der Waals surface area contributed by atoms with E-state index in [2.05, 4.69) is 5.32 Å². The van der Waals surface area contributed by atoms with Gasteiger partial charge in [-0.2, -0.15) is 0 Å². The molecule has 0 heterocycles. The van der Waals surface area contributed by atoms with Crippen LogP contribution in [-0.2, 0) is 4.74 Å². The highest BCUT2D eigenvalue weighted by Gasteiger charge is 2.10. The molecule has 0 amide bonds. The summed E-state index contributed by atoms with van der Waals surface area (Å²) in [5.41, 5.74) is 6.22. The van der Waals surface area contributed by atoms with Crippen LogP contribution in [0.2, 0.25) is 0 Å². The molecule has 0 saturated heterocycles. The second-order valence-electron chi connectivity index (χ2n) is 4.31. The molecule has 0 aliphatic heterocycles. The fraction of sp³-hybridized carbons (Fsp3) is 0.571. The standard InChI is InChI=1S/C14H23FN2O2/c1-3-19-14-7-6-11(9-13(14)15)17-12(10-18-2)5-4-8-16/h6-7,9,12,17H,3-5,8,10,16H2,1-2H3. The highest BCUT2D eigenvalue weighted by molar-refractivity contribution is 5.48. The van der Waals surface area contributed by atoms with Crippen molar-refractivity contribution in [3.8, 4) is 5.75 Å². The fourth-order valence-corrected chi connectivity index (χ4v) is 1.86. The van der Waals surface area contributed by atoms with Gasteiger partial charge in [-0.15, -0.1) is 0 Å². The third kappa shape index (κ3) is 5.44. The molecule has 1 aromatic rings. The van der Waals surface area contributed by atoms with Crippen molar-refractivity contribution in [2.45, 2.75) is 25.8 Å². The zero-order valence-corrected chi connectivity index (χ0v) is 11.6. The van der Waals surface area contributed by atoms with Gasteiger partial charge in [0.15, 0.2) is 11.6 Å². The molecular weight excluding hydrogens is 247 g/mol. The van der Waals surface area contributed by atoms with Crippen LogP contribution in [0.5, 0.6) is 5.75 Å². The number of ether oxygens (including phenoxy) is 2. The summed E-state index contributed by atoms with van der Waals surface area (Å²) < 4.78 is 24.0. The van der Waals surface area contributed by atoms with Gasteiger partial charge in [0, 0.05) is 24.9 Å². The number of anilines is 1. The fourth-order valence-electron chi connectivity index (χ4n) is 1.86. The summed E-state index contributed by atoms with van der Waals surface area (Å²) in [4.78, 5) is 0. The molecule has 0 aromatic heterocycles. The highest BCUT2D eigenvalue weighted by atomic mass is 19.1. The molecule has 0 bridgehead atoms. The van der Waals surface area contributed by atoms with Crippen molar-refractivity contribution in [2.75, 3.05) is 32.2 Å². The molecule has 0 spiro atoms. The number of halogens is 1. The smallest absolute Gasteiger partial charge is 0.167 e. The molecule has 3 N–H and O–H groups in total. The van der Waals surface area contributed by atoms with Crippen molar-refractivity contribution in [2.24, 2.45) is 5.73 Å². The van der Waals surface area contributed by atoms with Crippen LogP contribution in [0, 0.1) is 5.82 Å². The van der Waals surface area contributed by atoms with Crippen LogP contribution < -0.4 is 15.8 Å². The first kappa shape index (κ1) is 15.7. The Balaban J connectivity index is 2.65. The van der Waals surface area contributed by atoms with Crippen LogP contribution in [0.4, 0.5) is 10.1 Å². The molecule has 0 aliphatic rings. The van der Waals surface area contributed by atoms with Crippen LogP contribution in [0.1, 0.15) is 19.8 Å². The number of rotatable bonds is 9. The van der Waals surface area contributed by atoms with Crippen LogP contribution in [-0.4, -0.2) is 32.9 Å². The summed E-state index contributed by atoms with van der Waals surface area (Å²) in [5.74, 6) is -0.0832. The van der Waals surface area contributed by atoms with E-state index >= 15 is 0 Å². The maximum absolute atomic E-state index is 13.7. The van der Waals surface area contributed by atoms with E-state index in [0.717, 1.165) is 18.5 Å². The van der Waals surface area contributed by atoms with Gasteiger partial charge in [-0.05, 0) is 38.4 Å². The summed E-state index contributed by atoms with van der Waals surface area (Å²) >= 11 is 0. The van der Waals surface area contributed by atoms with Gasteiger partial charge in [-0.3, -0.25) is 0 Å². The number of nitrogens with two attached hydrogens (primary N) is 1. The first-order valence-corrected chi connectivity index (χ1v) is 6.59. The zero-order chi connectivity index (χ0) is 14.1. The average molecular weight is 270 g/mol. The Hall–Kier alpha value is -1.33. The second kappa shape index (κ2) is 8.72. The predicted molar refractivity (Wildman–Crippen MR) is 75.1 cm³/mol. The van der Waals surface area contributed by atoms with Gasteiger partial charge < -0.3 is 20.5 Å². The van der Waals surface area contributed by atoms with Crippen molar-refractivity contribution in [1.82, 2.24) is 0 Å². The van der Waals surface area contributed by atoms with Crippen molar-refractivity contribution >= 4 is 5.69 Å². The van der Waals surface area contributed by atoms with E-state index in [0.29, 0.717) is 19.8 Å². The van der Waals surface area contributed by atoms with E-state index in [1.807, 2.05) is 6.92 Å². The Morgan fingerprint density at radius 3 is 2.79 bits per heavy atom. The maximum atomic E-state index is 13.7. The van der Waals surface area contributed by atoms with Crippen LogP contribution in [0.25, 0.3) is 0 Å². The summed E-state index contributed by atoms with van der Waals surface area (Å²) in [7, 11) is 1.65. The lowest BCUT2D eigenvalue weighted by Crippen LogP contribution is -2.25. The van der Waals surface area contributed by atoms with Gasteiger partial charge in [-0.1, -0.05) is 0 Å².